The summed E-state index contributed by atoms with van der Waals surface area (Å²) in [6.45, 7) is 1.90. The van der Waals surface area contributed by atoms with E-state index in [2.05, 4.69) is 5.32 Å². The lowest BCUT2D eigenvalue weighted by molar-refractivity contribution is -0.125. The normalized spacial score (nSPS) is 17.7. The molecule has 2 aliphatic rings. The van der Waals surface area contributed by atoms with E-state index in [0.29, 0.717) is 22.5 Å². The van der Waals surface area contributed by atoms with Crippen LogP contribution in [0.3, 0.4) is 0 Å². The van der Waals surface area contributed by atoms with Gasteiger partial charge in [0, 0.05) is 11.3 Å². The van der Waals surface area contributed by atoms with Crippen LogP contribution in [0.15, 0.2) is 18.2 Å². The second kappa shape index (κ2) is 6.81. The summed E-state index contributed by atoms with van der Waals surface area (Å²) in [6.07, 6.45) is 2.08. The molecule has 1 amide bonds. The number of cyclic esters (lactones) is 1. The van der Waals surface area contributed by atoms with E-state index in [-0.39, 0.29) is 0 Å². The molecule has 0 fully saturated rings. The van der Waals surface area contributed by atoms with Crippen LogP contribution in [0.25, 0.3) is 0 Å². The summed E-state index contributed by atoms with van der Waals surface area (Å²) in [5, 5.41) is 3.26. The Morgan fingerprint density at radius 1 is 1.30 bits per heavy atom. The maximum absolute atomic E-state index is 12.7. The Morgan fingerprint density at radius 2 is 2.11 bits per heavy atom. The van der Waals surface area contributed by atoms with Crippen molar-refractivity contribution in [3.63, 3.8) is 0 Å². The van der Waals surface area contributed by atoms with E-state index in [1.807, 2.05) is 19.1 Å². The highest BCUT2D eigenvalue weighted by atomic mass is 32.1. The highest BCUT2D eigenvalue weighted by Gasteiger charge is 2.34. The molecule has 0 saturated heterocycles. The number of methoxy groups -OCH3 is 1. The highest BCUT2D eigenvalue weighted by Crippen LogP contribution is 2.39. The number of thiophene rings is 1. The third kappa shape index (κ3) is 3.12. The Balaban J connectivity index is 1.58. The number of esters is 2. The molecule has 0 saturated carbocycles. The number of benzene rings is 1. The Labute approximate surface area is 160 Å². The number of aryl methyl sites for hydroxylation is 2. The number of amides is 1. The smallest absolute Gasteiger partial charge is 0.341 e. The molecule has 1 N–H and O–H groups in total. The average Bonchev–Trinajstić information content (AvgIpc) is 3.22. The molecule has 0 radical (unpaired) electrons. The van der Waals surface area contributed by atoms with E-state index < -0.39 is 23.9 Å². The van der Waals surface area contributed by atoms with Crippen molar-refractivity contribution in [2.75, 3.05) is 12.4 Å². The van der Waals surface area contributed by atoms with Crippen LogP contribution in [0.2, 0.25) is 0 Å². The predicted octanol–water partition coefficient (Wildman–Crippen LogP) is 3.05. The predicted molar refractivity (Wildman–Crippen MR) is 100 cm³/mol. The van der Waals surface area contributed by atoms with Crippen molar-refractivity contribution in [2.24, 2.45) is 0 Å². The molecular formula is C20H19NO5S. The van der Waals surface area contributed by atoms with E-state index in [1.54, 1.807) is 6.07 Å². The summed E-state index contributed by atoms with van der Waals surface area (Å²) in [5.41, 5.74) is 3.65. The van der Waals surface area contributed by atoms with Crippen molar-refractivity contribution in [3.05, 3.63) is 50.9 Å². The van der Waals surface area contributed by atoms with Crippen LogP contribution in [0.5, 0.6) is 0 Å². The Hall–Kier alpha value is -2.67. The lowest BCUT2D eigenvalue weighted by Gasteiger charge is -2.24. The zero-order valence-corrected chi connectivity index (χ0v) is 15.9. The number of anilines is 1. The topological polar surface area (TPSA) is 81.7 Å². The molecule has 0 spiro atoms. The average molecular weight is 385 g/mol. The third-order valence-corrected chi connectivity index (χ3v) is 6.19. The van der Waals surface area contributed by atoms with Gasteiger partial charge in [-0.25, -0.2) is 9.59 Å². The quantitative estimate of drug-likeness (QED) is 0.822. The monoisotopic (exact) mass is 385 g/mol. The van der Waals surface area contributed by atoms with Gasteiger partial charge in [0.1, 0.15) is 5.00 Å². The van der Waals surface area contributed by atoms with Crippen LogP contribution in [0, 0.1) is 6.92 Å². The lowest BCUT2D eigenvalue weighted by atomic mass is 9.96. The van der Waals surface area contributed by atoms with Crippen molar-refractivity contribution < 1.29 is 23.9 Å². The van der Waals surface area contributed by atoms with Crippen LogP contribution >= 0.6 is 11.3 Å². The molecule has 2 heterocycles. The fraction of sp³-hybridized carbons (Fsp3) is 0.350. The summed E-state index contributed by atoms with van der Waals surface area (Å²) in [5.74, 6) is -1.38. The van der Waals surface area contributed by atoms with E-state index >= 15 is 0 Å². The SMILES string of the molecule is COC(=O)c1c(NC(=O)[C@@H]2Cc3ccc(C)cc3C(=O)O2)sc2c1CCC2. The van der Waals surface area contributed by atoms with Gasteiger partial charge in [0.25, 0.3) is 5.91 Å². The number of carbonyl (C=O) groups is 3. The molecule has 4 rings (SSSR count). The standard InChI is InChI=1S/C20H19NO5S/c1-10-6-7-11-9-14(26-19(23)13(11)8-10)17(22)21-18-16(20(24)25-2)12-4-3-5-15(12)27-18/h6-8,14H,3-5,9H2,1-2H3,(H,21,22)/t14-/m0/s1. The van der Waals surface area contributed by atoms with Crippen LogP contribution < -0.4 is 5.32 Å². The summed E-state index contributed by atoms with van der Waals surface area (Å²) in [7, 11) is 1.33. The number of rotatable bonds is 3. The zero-order valence-electron chi connectivity index (χ0n) is 15.1. The number of fused-ring (bicyclic) bond motifs is 2. The first-order valence-electron chi connectivity index (χ1n) is 8.82. The summed E-state index contributed by atoms with van der Waals surface area (Å²) >= 11 is 1.40. The van der Waals surface area contributed by atoms with Gasteiger partial charge >= 0.3 is 11.9 Å². The number of hydrogen-bond acceptors (Lipinski definition) is 6. The molecule has 1 aromatic heterocycles. The van der Waals surface area contributed by atoms with Gasteiger partial charge in [0.2, 0.25) is 0 Å². The fourth-order valence-corrected chi connectivity index (χ4v) is 4.92. The molecule has 0 bridgehead atoms. The summed E-state index contributed by atoms with van der Waals surface area (Å²) in [4.78, 5) is 38.3. The fourth-order valence-electron chi connectivity index (χ4n) is 3.64. The number of ether oxygens (including phenoxy) is 2. The zero-order chi connectivity index (χ0) is 19.1. The van der Waals surface area contributed by atoms with E-state index in [1.165, 1.54) is 18.4 Å². The van der Waals surface area contributed by atoms with Gasteiger partial charge in [0.05, 0.1) is 18.2 Å². The molecule has 1 aliphatic heterocycles. The van der Waals surface area contributed by atoms with Crippen LogP contribution in [0.4, 0.5) is 5.00 Å². The van der Waals surface area contributed by atoms with Gasteiger partial charge in [-0.3, -0.25) is 4.79 Å². The number of carbonyl (C=O) groups excluding carboxylic acids is 3. The van der Waals surface area contributed by atoms with Crippen molar-refractivity contribution in [1.29, 1.82) is 0 Å². The maximum Gasteiger partial charge on any atom is 0.341 e. The first-order valence-corrected chi connectivity index (χ1v) is 9.63. The van der Waals surface area contributed by atoms with Gasteiger partial charge < -0.3 is 14.8 Å². The van der Waals surface area contributed by atoms with Crippen molar-refractivity contribution in [3.8, 4) is 0 Å². The van der Waals surface area contributed by atoms with Crippen molar-refractivity contribution >= 4 is 34.2 Å². The van der Waals surface area contributed by atoms with E-state index in [9.17, 15) is 14.4 Å². The molecular weight excluding hydrogens is 366 g/mol. The summed E-state index contributed by atoms with van der Waals surface area (Å²) < 4.78 is 10.2. The maximum atomic E-state index is 12.7. The van der Waals surface area contributed by atoms with Crippen LogP contribution in [-0.2, 0) is 33.5 Å². The summed E-state index contributed by atoms with van der Waals surface area (Å²) in [6, 6.07) is 5.53. The molecule has 1 atom stereocenters. The van der Waals surface area contributed by atoms with Crippen molar-refractivity contribution in [2.45, 2.75) is 38.7 Å². The first-order chi connectivity index (χ1) is 13.0. The van der Waals surface area contributed by atoms with Gasteiger partial charge in [-0.05, 0) is 43.4 Å². The lowest BCUT2D eigenvalue weighted by Crippen LogP contribution is -2.38. The van der Waals surface area contributed by atoms with Crippen LogP contribution in [0.1, 0.15) is 48.7 Å². The van der Waals surface area contributed by atoms with Gasteiger partial charge in [0.15, 0.2) is 6.10 Å². The Morgan fingerprint density at radius 3 is 2.89 bits per heavy atom. The molecule has 1 aromatic carbocycles. The third-order valence-electron chi connectivity index (χ3n) is 4.98. The number of hydrogen-bond donors (Lipinski definition) is 1. The molecule has 1 aliphatic carbocycles. The molecule has 140 valence electrons. The first kappa shape index (κ1) is 17.7. The minimum Gasteiger partial charge on any atom is -0.465 e. The minimum atomic E-state index is -0.921. The van der Waals surface area contributed by atoms with Gasteiger partial charge in [-0.1, -0.05) is 17.7 Å². The molecule has 27 heavy (non-hydrogen) atoms. The molecule has 6 nitrogen and oxygen atoms in total. The van der Waals surface area contributed by atoms with Gasteiger partial charge in [-0.15, -0.1) is 11.3 Å². The number of nitrogens with one attached hydrogen (secondary N) is 1. The van der Waals surface area contributed by atoms with E-state index in [4.69, 9.17) is 9.47 Å². The van der Waals surface area contributed by atoms with Gasteiger partial charge in [-0.2, -0.15) is 0 Å². The van der Waals surface area contributed by atoms with Crippen LogP contribution in [-0.4, -0.2) is 31.1 Å². The second-order valence-corrected chi connectivity index (χ2v) is 7.91. The van der Waals surface area contributed by atoms with E-state index in [0.717, 1.165) is 40.8 Å². The Bertz CT molecular complexity index is 962. The highest BCUT2D eigenvalue weighted by molar-refractivity contribution is 7.17. The molecule has 2 aromatic rings. The minimum absolute atomic E-state index is 0.311. The largest absolute Gasteiger partial charge is 0.465 e. The molecule has 0 unspecified atom stereocenters. The Kier molecular flexibility index (Phi) is 4.47. The van der Waals surface area contributed by atoms with Crippen molar-refractivity contribution in [1.82, 2.24) is 0 Å². The second-order valence-electron chi connectivity index (χ2n) is 6.80. The molecule has 7 heteroatoms.